The molecule has 0 aliphatic carbocycles. The molecule has 0 bridgehead atoms. The van der Waals surface area contributed by atoms with Crippen LogP contribution in [0.3, 0.4) is 0 Å². The molecule has 56 heteroatoms. The van der Waals surface area contributed by atoms with E-state index in [4.69, 9.17) is 90.0 Å². The zero-order valence-electron chi connectivity index (χ0n) is 67.8. The van der Waals surface area contributed by atoms with Crippen molar-refractivity contribution in [1.82, 2.24) is 26.6 Å². The monoisotopic (exact) mass is 1840 g/mol. The number of carbonyl (C=O) groups excluding carboxylic acids is 5. The van der Waals surface area contributed by atoms with Crippen LogP contribution >= 0.6 is 0 Å². The first-order chi connectivity index (χ1) is 59.6. The molecule has 32 N–H and O–H groups in total. The minimum Gasteiger partial charge on any atom is -0.394 e. The molecule has 5 amide bonds. The molecule has 10 saturated heterocycles. The summed E-state index contributed by atoms with van der Waals surface area (Å²) < 4.78 is 113. The van der Waals surface area contributed by atoms with Gasteiger partial charge in [-0.05, 0) is 0 Å². The number of aliphatic hydroxyl groups is 27. The van der Waals surface area contributed by atoms with E-state index in [1.54, 1.807) is 0 Å². The summed E-state index contributed by atoms with van der Waals surface area (Å²) in [5.74, 6) is -4.71. The van der Waals surface area contributed by atoms with Crippen molar-refractivity contribution >= 4 is 29.5 Å². The molecule has 0 aromatic carbocycles. The number of hydrogen-bond acceptors (Lipinski definition) is 51. The van der Waals surface area contributed by atoms with E-state index in [0.717, 1.165) is 34.6 Å². The molecule has 56 nitrogen and oxygen atoms in total. The van der Waals surface area contributed by atoms with Crippen molar-refractivity contribution in [2.45, 2.75) is 341 Å². The molecule has 126 heavy (non-hydrogen) atoms. The predicted octanol–water partition coefficient (Wildman–Crippen LogP) is -22.1. The highest BCUT2D eigenvalue weighted by atomic mass is 16.8. The quantitative estimate of drug-likeness (QED) is 0.0290. The summed E-state index contributed by atoms with van der Waals surface area (Å²) in [6.45, 7) is -6.14. The summed E-state index contributed by atoms with van der Waals surface area (Å²) >= 11 is 0. The minimum absolute atomic E-state index is 0.848. The molecular formula is C70H117N5O51. The third-order valence-electron chi connectivity index (χ3n) is 22.9. The van der Waals surface area contributed by atoms with E-state index < -0.39 is 402 Å². The van der Waals surface area contributed by atoms with E-state index >= 15 is 0 Å². The number of carbonyl (C=O) groups is 5. The fraction of sp³-hybridized carbons (Fsp3) is 0.929. The average Bonchev–Trinajstić information content (AvgIpc) is 0.770. The number of aliphatic hydroxyl groups excluding tert-OH is 27. The Morgan fingerprint density at radius 1 is 0.206 bits per heavy atom. The van der Waals surface area contributed by atoms with E-state index in [1.165, 1.54) is 0 Å². The Kier molecular flexibility index (Phi) is 37.4. The van der Waals surface area contributed by atoms with Gasteiger partial charge in [0.1, 0.15) is 244 Å². The van der Waals surface area contributed by atoms with Crippen molar-refractivity contribution in [1.29, 1.82) is 0 Å². The molecule has 10 heterocycles. The second-order valence-electron chi connectivity index (χ2n) is 31.7. The second-order valence-corrected chi connectivity index (χ2v) is 31.7. The second kappa shape index (κ2) is 45.5. The van der Waals surface area contributed by atoms with Crippen LogP contribution in [-0.2, 0) is 114 Å². The lowest BCUT2D eigenvalue weighted by atomic mass is 9.93. The highest BCUT2D eigenvalue weighted by molar-refractivity contribution is 5.75. The molecular weight excluding hydrogens is 1730 g/mol. The average molecular weight is 1840 g/mol. The summed E-state index contributed by atoms with van der Waals surface area (Å²) in [4.78, 5) is 64.6. The lowest BCUT2D eigenvalue weighted by Gasteiger charge is -2.51. The van der Waals surface area contributed by atoms with Gasteiger partial charge in [0.25, 0.3) is 0 Å². The Hall–Kier alpha value is -4.49. The molecule has 10 fully saturated rings. The number of hydrogen-bond donors (Lipinski definition) is 32. The van der Waals surface area contributed by atoms with Crippen molar-refractivity contribution in [3.63, 3.8) is 0 Å². The number of rotatable bonds is 33. The summed E-state index contributed by atoms with van der Waals surface area (Å²) in [5, 5.41) is 312. The summed E-state index contributed by atoms with van der Waals surface area (Å²) in [7, 11) is 0. The van der Waals surface area contributed by atoms with Gasteiger partial charge in [0.05, 0.1) is 66.1 Å². The van der Waals surface area contributed by atoms with Crippen LogP contribution in [0, 0.1) is 0 Å². The summed E-state index contributed by atoms with van der Waals surface area (Å²) in [5.41, 5.74) is 0. The Morgan fingerprint density at radius 2 is 0.405 bits per heavy atom. The largest absolute Gasteiger partial charge is 0.394 e. The summed E-state index contributed by atoms with van der Waals surface area (Å²) in [6, 6.07) is -9.55. The first-order valence-corrected chi connectivity index (χ1v) is 40.1. The molecule has 728 valence electrons. The highest BCUT2D eigenvalue weighted by Gasteiger charge is 2.62. The maximum absolute atomic E-state index is 13.4. The van der Waals surface area contributed by atoms with E-state index in [9.17, 15) is 162 Å². The maximum Gasteiger partial charge on any atom is 0.217 e. The van der Waals surface area contributed by atoms with Gasteiger partial charge in [-0.2, -0.15) is 0 Å². The third-order valence-corrected chi connectivity index (χ3v) is 22.9. The maximum atomic E-state index is 13.4. The Bertz CT molecular complexity index is 3440. The van der Waals surface area contributed by atoms with Gasteiger partial charge in [0.15, 0.2) is 62.9 Å². The van der Waals surface area contributed by atoms with Crippen LogP contribution in [0.15, 0.2) is 0 Å². The van der Waals surface area contributed by atoms with Crippen molar-refractivity contribution in [3.05, 3.63) is 0 Å². The standard InChI is InChI=1S/C70H117N5O51/c1-16(84)71-31-41(94)54(24(9-79)110-61(31)107)123-69-52(105)59(39(92)29(118-69)14-108-62-32(72-17(2)85)42(95)55(25(10-80)114-62)120-66-49(102)46(99)36(89)21(6-76)111-66)125-65-35(75-20(5)88)45(98)58(28(13-83)117-65)124-70-53(106)60(126-64-34(74-19(4)87)44(97)57(27(12-82)116-64)122-68-51(104)48(101)38(91)23(8-78)113-68)40(93)30(119-70)15-109-63-33(73-18(3)86)43(96)56(26(11-81)115-63)121-67-50(103)47(100)37(90)22(7-77)112-67/h21-70,76-83,89-107H,6-15H2,1-5H3,(H,71,84)(H,72,85)(H,73,86)(H,74,87)(H,75,88)/t21-,22-,23-,24-,25-,26-,27-,28-,29-,30-,31-,32-,33-,34-,35-,36+,37+,38+,39+,40+,41-,42-,43-,44-,45-,46+,47+,48+,49-,50-,51-,52-,53-,54-,55-,56-,57-,58-,59+,60+,61-,62-,63-,64+,65+,66+,67+,68+,69+,70+/m1/s1. The van der Waals surface area contributed by atoms with Gasteiger partial charge in [-0.25, -0.2) is 0 Å². The van der Waals surface area contributed by atoms with E-state index in [2.05, 4.69) is 26.6 Å². The highest BCUT2D eigenvalue weighted by Crippen LogP contribution is 2.41. The molecule has 0 aromatic heterocycles. The molecule has 10 aliphatic rings. The van der Waals surface area contributed by atoms with Crippen LogP contribution in [0.25, 0.3) is 0 Å². The Labute approximate surface area is 713 Å². The number of amides is 5. The fourth-order valence-electron chi connectivity index (χ4n) is 16.3. The van der Waals surface area contributed by atoms with Crippen LogP contribution in [0.2, 0.25) is 0 Å². The molecule has 50 atom stereocenters. The van der Waals surface area contributed by atoms with E-state index in [1.807, 2.05) is 0 Å². The smallest absolute Gasteiger partial charge is 0.217 e. The van der Waals surface area contributed by atoms with Gasteiger partial charge in [0.2, 0.25) is 29.5 Å². The SMILES string of the molecule is CC(=O)N[C@@H]1[C@@H](O)[C@H](O[C@@H]2O[C@H](CO[C@@H]3O[C@H](CO)[C@@H](O[C@@H]4O[C@H](CO)[C@H](O)[C@H](O)[C@H]4O)[C@H](O)[C@H]3NC(C)=O)[C@H](O)[C@H](O[C@@H]3O[C@H](CO)[C@@H](O[C@@H]4O[C@H](CO[C@@H]5O[C@H](CO)[C@@H](O[C@@H]6O[C@H](CO)[C@H](O)[C@H](O)[C@H]6O)[C@H](O)[C@H]5NC(C)=O)[C@H](O)[C@H](O[C@@H]5O[C@H](CO)[C@@H](O[C@@H]6O[C@H](CO)[C@H](O)[C@H](O)[C@H]6O)[C@H](O)[C@H]5NC(C)=O)[C@H]4O)[C@H](O)[C@H]3NC(C)=O)[C@H]2O)[C@@H](CO)O[C@H]1O. The van der Waals surface area contributed by atoms with E-state index in [0.29, 0.717) is 0 Å². The lowest BCUT2D eigenvalue weighted by Crippen LogP contribution is -2.71. The van der Waals surface area contributed by atoms with Crippen molar-refractivity contribution < 1.29 is 252 Å². The molecule has 10 rings (SSSR count). The zero-order chi connectivity index (χ0) is 92.8. The minimum atomic E-state index is -2.56. The van der Waals surface area contributed by atoms with Crippen LogP contribution < -0.4 is 26.6 Å². The molecule has 0 radical (unpaired) electrons. The van der Waals surface area contributed by atoms with Crippen LogP contribution in [0.4, 0.5) is 0 Å². The molecule has 0 spiro atoms. The van der Waals surface area contributed by atoms with Crippen LogP contribution in [0.5, 0.6) is 0 Å². The molecule has 10 aliphatic heterocycles. The van der Waals surface area contributed by atoms with Gasteiger partial charge in [-0.3, -0.25) is 24.0 Å². The normalized spacial score (nSPS) is 48.4. The van der Waals surface area contributed by atoms with Crippen molar-refractivity contribution in [2.75, 3.05) is 66.1 Å². The van der Waals surface area contributed by atoms with Crippen LogP contribution in [0.1, 0.15) is 34.6 Å². The molecule has 0 aromatic rings. The lowest BCUT2D eigenvalue weighted by molar-refractivity contribution is -0.389. The topological polar surface area (TPSA) is 867 Å². The van der Waals surface area contributed by atoms with Crippen molar-refractivity contribution in [2.24, 2.45) is 0 Å². The van der Waals surface area contributed by atoms with Crippen molar-refractivity contribution in [3.8, 4) is 0 Å². The third kappa shape index (κ3) is 23.1. The van der Waals surface area contributed by atoms with Gasteiger partial charge < -0.3 is 254 Å². The van der Waals surface area contributed by atoms with Gasteiger partial charge in [0, 0.05) is 34.6 Å². The summed E-state index contributed by atoms with van der Waals surface area (Å²) in [6.07, 6.45) is -93.2. The fourth-order valence-corrected chi connectivity index (χ4v) is 16.3. The number of nitrogens with one attached hydrogen (secondary N) is 5. The first-order valence-electron chi connectivity index (χ1n) is 40.1. The first kappa shape index (κ1) is 104. The van der Waals surface area contributed by atoms with E-state index in [-0.39, 0.29) is 0 Å². The molecule has 0 unspecified atom stereocenters. The number of ether oxygens (including phenoxy) is 19. The Morgan fingerprint density at radius 3 is 0.659 bits per heavy atom. The molecule has 0 saturated carbocycles. The zero-order valence-corrected chi connectivity index (χ0v) is 67.8. The van der Waals surface area contributed by atoms with Crippen LogP contribution in [-0.4, -0.2) is 540 Å². The predicted molar refractivity (Wildman–Crippen MR) is 388 cm³/mol. The van der Waals surface area contributed by atoms with Gasteiger partial charge in [-0.15, -0.1) is 0 Å². The van der Waals surface area contributed by atoms with Gasteiger partial charge in [-0.1, -0.05) is 0 Å². The van der Waals surface area contributed by atoms with Gasteiger partial charge >= 0.3 is 0 Å². The Balaban J connectivity index is 0.961.